The molecular formula is C4H9O3PS. The lowest BCUT2D eigenvalue weighted by Gasteiger charge is -2.08. The summed E-state index contributed by atoms with van der Waals surface area (Å²) in [7, 11) is -3.75. The number of hydrogen-bond donors (Lipinski definition) is 2. The minimum Gasteiger partial charge on any atom is -0.324 e. The second-order valence-electron chi connectivity index (χ2n) is 2.06. The van der Waals surface area contributed by atoms with Crippen molar-refractivity contribution < 1.29 is 14.4 Å². The van der Waals surface area contributed by atoms with E-state index in [1.807, 2.05) is 0 Å². The second-order valence-corrected chi connectivity index (χ2v) is 5.52. The van der Waals surface area contributed by atoms with Crippen molar-refractivity contribution in [1.29, 1.82) is 0 Å². The van der Waals surface area contributed by atoms with Crippen LogP contribution in [0.4, 0.5) is 0 Å². The lowest BCUT2D eigenvalue weighted by atomic mass is 10.4. The quantitative estimate of drug-likeness (QED) is 0.574. The molecule has 1 rings (SSSR count). The average Bonchev–Trinajstić information content (AvgIpc) is 2.08. The van der Waals surface area contributed by atoms with Crippen molar-refractivity contribution in [1.82, 2.24) is 0 Å². The number of hydrogen-bond acceptors (Lipinski definition) is 2. The molecule has 1 aliphatic rings. The van der Waals surface area contributed by atoms with Crippen LogP contribution in [0.5, 0.6) is 0 Å². The Labute approximate surface area is 58.0 Å². The SMILES string of the molecule is O=P(O)(O)C1CCCS1. The Hall–Kier alpha value is 0.500. The van der Waals surface area contributed by atoms with Crippen molar-refractivity contribution in [3.05, 3.63) is 0 Å². The fourth-order valence-corrected chi connectivity index (χ4v) is 3.38. The molecule has 0 amide bonds. The van der Waals surface area contributed by atoms with Crippen LogP contribution in [0.1, 0.15) is 12.8 Å². The fourth-order valence-electron chi connectivity index (χ4n) is 0.826. The van der Waals surface area contributed by atoms with Crippen molar-refractivity contribution in [3.8, 4) is 0 Å². The second kappa shape index (κ2) is 2.62. The van der Waals surface area contributed by atoms with Gasteiger partial charge in [-0.25, -0.2) is 0 Å². The van der Waals surface area contributed by atoms with Crippen LogP contribution >= 0.6 is 19.4 Å². The van der Waals surface area contributed by atoms with Crippen LogP contribution < -0.4 is 0 Å². The summed E-state index contributed by atoms with van der Waals surface area (Å²) in [6, 6.07) is 0. The number of rotatable bonds is 1. The molecule has 3 nitrogen and oxygen atoms in total. The van der Waals surface area contributed by atoms with Crippen LogP contribution in [0.2, 0.25) is 0 Å². The van der Waals surface area contributed by atoms with Gasteiger partial charge in [-0.15, -0.1) is 11.8 Å². The monoisotopic (exact) mass is 168 g/mol. The molecule has 0 aromatic carbocycles. The molecule has 9 heavy (non-hydrogen) atoms. The van der Waals surface area contributed by atoms with E-state index in [2.05, 4.69) is 0 Å². The molecule has 0 saturated carbocycles. The zero-order valence-electron chi connectivity index (χ0n) is 4.86. The van der Waals surface area contributed by atoms with Gasteiger partial charge in [-0.3, -0.25) is 4.57 Å². The first-order chi connectivity index (χ1) is 4.11. The maximum absolute atomic E-state index is 10.5. The van der Waals surface area contributed by atoms with E-state index < -0.39 is 12.6 Å². The van der Waals surface area contributed by atoms with E-state index in [0.29, 0.717) is 6.42 Å². The van der Waals surface area contributed by atoms with Gasteiger partial charge in [0.25, 0.3) is 0 Å². The Morgan fingerprint density at radius 2 is 2.22 bits per heavy atom. The van der Waals surface area contributed by atoms with E-state index in [9.17, 15) is 4.57 Å². The van der Waals surface area contributed by atoms with E-state index in [4.69, 9.17) is 9.79 Å². The molecule has 1 fully saturated rings. The molecule has 0 aliphatic carbocycles. The van der Waals surface area contributed by atoms with Crippen molar-refractivity contribution >= 4 is 19.4 Å². The Morgan fingerprint density at radius 1 is 1.56 bits per heavy atom. The van der Waals surface area contributed by atoms with Gasteiger partial charge in [-0.1, -0.05) is 0 Å². The maximum Gasteiger partial charge on any atom is 0.338 e. The molecule has 1 heterocycles. The van der Waals surface area contributed by atoms with Crippen molar-refractivity contribution in [2.24, 2.45) is 0 Å². The maximum atomic E-state index is 10.5. The summed E-state index contributed by atoms with van der Waals surface area (Å²) < 4.78 is 10.5. The Bertz CT molecular complexity index is 137. The molecule has 0 aromatic rings. The van der Waals surface area contributed by atoms with Crippen LogP contribution in [0, 0.1) is 0 Å². The van der Waals surface area contributed by atoms with Crippen molar-refractivity contribution in [2.45, 2.75) is 17.8 Å². The fraction of sp³-hybridized carbons (Fsp3) is 1.00. The van der Waals surface area contributed by atoms with Gasteiger partial charge in [-0.2, -0.15) is 0 Å². The normalized spacial score (nSPS) is 28.9. The third-order valence-electron chi connectivity index (χ3n) is 1.28. The van der Waals surface area contributed by atoms with Gasteiger partial charge in [0.15, 0.2) is 0 Å². The van der Waals surface area contributed by atoms with Crippen LogP contribution in [0.15, 0.2) is 0 Å². The highest BCUT2D eigenvalue weighted by Gasteiger charge is 2.31. The first kappa shape index (κ1) is 7.61. The molecule has 0 spiro atoms. The number of thioether (sulfide) groups is 1. The van der Waals surface area contributed by atoms with Crippen LogP contribution in [0.25, 0.3) is 0 Å². The lowest BCUT2D eigenvalue weighted by Crippen LogP contribution is -1.96. The summed E-state index contributed by atoms with van der Waals surface area (Å²) in [4.78, 5) is 16.8. The van der Waals surface area contributed by atoms with E-state index >= 15 is 0 Å². The molecule has 1 aliphatic heterocycles. The first-order valence-corrected chi connectivity index (χ1v) is 5.50. The van der Waals surface area contributed by atoms with E-state index in [-0.39, 0.29) is 0 Å². The summed E-state index contributed by atoms with van der Waals surface area (Å²) in [6.07, 6.45) is 1.62. The summed E-state index contributed by atoms with van der Waals surface area (Å²) in [5.41, 5.74) is 0. The van der Waals surface area contributed by atoms with Crippen LogP contribution in [-0.4, -0.2) is 20.5 Å². The minimum absolute atomic E-state index is 0.405. The van der Waals surface area contributed by atoms with Gasteiger partial charge >= 0.3 is 7.60 Å². The molecular weight excluding hydrogens is 159 g/mol. The van der Waals surface area contributed by atoms with Crippen LogP contribution in [0.3, 0.4) is 0 Å². The molecule has 0 radical (unpaired) electrons. The molecule has 1 atom stereocenters. The standard InChI is InChI=1S/C4H9O3PS/c5-8(6,7)4-2-1-3-9-4/h4H,1-3H2,(H2,5,6,7). The highest BCUT2D eigenvalue weighted by Crippen LogP contribution is 2.52. The molecule has 2 N–H and O–H groups in total. The van der Waals surface area contributed by atoms with E-state index in [1.165, 1.54) is 11.8 Å². The molecule has 0 bridgehead atoms. The lowest BCUT2D eigenvalue weighted by molar-refractivity contribution is 0.368. The van der Waals surface area contributed by atoms with Gasteiger partial charge in [0.1, 0.15) is 4.99 Å². The molecule has 1 unspecified atom stereocenters. The third-order valence-corrected chi connectivity index (χ3v) is 4.71. The predicted octanol–water partition coefficient (Wildman–Crippen LogP) is 1.02. The largest absolute Gasteiger partial charge is 0.338 e. The van der Waals surface area contributed by atoms with Crippen LogP contribution in [-0.2, 0) is 4.57 Å². The van der Waals surface area contributed by atoms with Gasteiger partial charge < -0.3 is 9.79 Å². The molecule has 0 aromatic heterocycles. The molecule has 54 valence electrons. The molecule has 5 heteroatoms. The van der Waals surface area contributed by atoms with E-state index in [1.54, 1.807) is 0 Å². The Balaban J connectivity index is 2.52. The minimum atomic E-state index is -3.75. The van der Waals surface area contributed by atoms with E-state index in [0.717, 1.165) is 12.2 Å². The van der Waals surface area contributed by atoms with Gasteiger partial charge in [0, 0.05) is 0 Å². The summed E-state index contributed by atoms with van der Waals surface area (Å²) in [6.45, 7) is 0. The average molecular weight is 168 g/mol. The van der Waals surface area contributed by atoms with Crippen molar-refractivity contribution in [2.75, 3.05) is 5.75 Å². The highest BCUT2D eigenvalue weighted by molar-refractivity contribution is 8.05. The van der Waals surface area contributed by atoms with Gasteiger partial charge in [0.2, 0.25) is 0 Å². The Kier molecular flexibility index (Phi) is 2.22. The summed E-state index contributed by atoms with van der Waals surface area (Å²) >= 11 is 1.39. The highest BCUT2D eigenvalue weighted by atomic mass is 32.2. The summed E-state index contributed by atoms with van der Waals surface area (Å²) in [5, 5.41) is 0. The topological polar surface area (TPSA) is 57.5 Å². The molecule has 1 saturated heterocycles. The van der Waals surface area contributed by atoms with Gasteiger partial charge in [0.05, 0.1) is 0 Å². The predicted molar refractivity (Wildman–Crippen MR) is 37.5 cm³/mol. The zero-order chi connectivity index (χ0) is 6.91. The zero-order valence-corrected chi connectivity index (χ0v) is 6.57. The Morgan fingerprint density at radius 3 is 2.44 bits per heavy atom. The first-order valence-electron chi connectivity index (χ1n) is 2.77. The van der Waals surface area contributed by atoms with Gasteiger partial charge in [-0.05, 0) is 18.6 Å². The van der Waals surface area contributed by atoms with Crippen molar-refractivity contribution in [3.63, 3.8) is 0 Å². The summed E-state index contributed by atoms with van der Waals surface area (Å²) in [5.74, 6) is 0.899. The smallest absolute Gasteiger partial charge is 0.324 e. The third kappa shape index (κ3) is 1.97.